The van der Waals surface area contributed by atoms with Gasteiger partial charge >= 0.3 is 0 Å². The highest BCUT2D eigenvalue weighted by Crippen LogP contribution is 2.47. The molecule has 0 aliphatic heterocycles. The third kappa shape index (κ3) is 5.06. The number of hydrogen-bond acceptors (Lipinski definition) is 5. The first kappa shape index (κ1) is 33.3. The maximum Gasteiger partial charge on any atom is 0.164 e. The Bertz CT molecular complexity index is 3900. The molecule has 60 heavy (non-hydrogen) atoms. The number of thiophene rings is 1. The van der Waals surface area contributed by atoms with Crippen molar-refractivity contribution in [2.75, 3.05) is 0 Å². The van der Waals surface area contributed by atoms with Crippen LogP contribution >= 0.6 is 11.3 Å². The van der Waals surface area contributed by atoms with Crippen molar-refractivity contribution in [3.05, 3.63) is 188 Å². The summed E-state index contributed by atoms with van der Waals surface area (Å²) in [4.78, 5) is 15.4. The van der Waals surface area contributed by atoms with Crippen LogP contribution in [0.3, 0.4) is 0 Å². The van der Waals surface area contributed by atoms with E-state index in [0.29, 0.717) is 17.5 Å². The van der Waals surface area contributed by atoms with E-state index in [-0.39, 0.29) is 0 Å². The van der Waals surface area contributed by atoms with Gasteiger partial charge in [-0.1, -0.05) is 146 Å². The molecule has 0 saturated heterocycles. The van der Waals surface area contributed by atoms with Gasteiger partial charge in [0, 0.05) is 53.0 Å². The topological polar surface area (TPSA) is 51.8 Å². The third-order valence-corrected chi connectivity index (χ3v) is 13.2. The number of nitrogens with zero attached hydrogens (tertiary/aromatic N) is 3. The van der Waals surface area contributed by atoms with Crippen molar-refractivity contribution in [2.24, 2.45) is 0 Å². The van der Waals surface area contributed by atoms with Crippen LogP contribution in [0.5, 0.6) is 0 Å². The lowest BCUT2D eigenvalue weighted by Crippen LogP contribution is -2.00. The molecule has 0 saturated carbocycles. The van der Waals surface area contributed by atoms with E-state index in [1.54, 1.807) is 0 Å². The van der Waals surface area contributed by atoms with Crippen LogP contribution in [0.4, 0.5) is 0 Å². The normalized spacial score (nSPS) is 12.0. The first-order valence-electron chi connectivity index (χ1n) is 20.2. The van der Waals surface area contributed by atoms with Crippen molar-refractivity contribution in [1.29, 1.82) is 0 Å². The monoisotopic (exact) mass is 781 g/mol. The highest BCUT2D eigenvalue weighted by molar-refractivity contribution is 7.25. The van der Waals surface area contributed by atoms with Crippen LogP contribution in [0, 0.1) is 0 Å². The number of benzene rings is 10. The Balaban J connectivity index is 1.03. The summed E-state index contributed by atoms with van der Waals surface area (Å²) < 4.78 is 9.47. The second-order valence-corrected chi connectivity index (χ2v) is 16.6. The molecule has 10 aromatic carbocycles. The summed E-state index contributed by atoms with van der Waals surface area (Å²) in [6.07, 6.45) is 0. The molecule has 0 fully saturated rings. The van der Waals surface area contributed by atoms with Crippen LogP contribution in [-0.2, 0) is 0 Å². The molecule has 278 valence electrons. The predicted molar refractivity (Wildman–Crippen MR) is 252 cm³/mol. The SMILES string of the molecule is c1ccc(-c2nc(-c3ccc4c(-c5cc6ccc7ccccc7c6c6oc7ccc8ccccc8c7c56)cccc4c3)nc(-c3ccc4sc5ccccc5c4c3)n2)cc1. The zero-order valence-electron chi connectivity index (χ0n) is 32.1. The van der Waals surface area contributed by atoms with Gasteiger partial charge in [0.2, 0.25) is 0 Å². The Hall–Kier alpha value is -7.73. The molecule has 0 amide bonds. The second kappa shape index (κ2) is 12.9. The molecular formula is C55H31N3OS. The molecule has 0 bridgehead atoms. The Labute approximate surface area is 347 Å². The molecular weight excluding hydrogens is 751 g/mol. The van der Waals surface area contributed by atoms with Gasteiger partial charge in [0.05, 0.1) is 0 Å². The summed E-state index contributed by atoms with van der Waals surface area (Å²) in [5.41, 5.74) is 6.93. The van der Waals surface area contributed by atoms with E-state index >= 15 is 0 Å². The number of hydrogen-bond donors (Lipinski definition) is 0. The van der Waals surface area contributed by atoms with Gasteiger partial charge in [0.15, 0.2) is 17.5 Å². The number of furan rings is 1. The van der Waals surface area contributed by atoms with Gasteiger partial charge in [0.25, 0.3) is 0 Å². The van der Waals surface area contributed by atoms with Gasteiger partial charge in [-0.15, -0.1) is 11.3 Å². The van der Waals surface area contributed by atoms with Crippen molar-refractivity contribution in [3.63, 3.8) is 0 Å². The molecule has 0 unspecified atom stereocenters. The van der Waals surface area contributed by atoms with Gasteiger partial charge in [-0.3, -0.25) is 0 Å². The minimum Gasteiger partial charge on any atom is -0.455 e. The Morgan fingerprint density at radius 2 is 0.950 bits per heavy atom. The summed E-state index contributed by atoms with van der Waals surface area (Å²) in [6.45, 7) is 0. The van der Waals surface area contributed by atoms with Crippen molar-refractivity contribution < 1.29 is 4.42 Å². The highest BCUT2D eigenvalue weighted by Gasteiger charge is 2.21. The summed E-state index contributed by atoms with van der Waals surface area (Å²) >= 11 is 1.81. The van der Waals surface area contributed by atoms with E-state index in [1.807, 2.05) is 29.5 Å². The molecule has 0 radical (unpaired) electrons. The van der Waals surface area contributed by atoms with Gasteiger partial charge in [-0.2, -0.15) is 0 Å². The Kier molecular flexibility index (Phi) is 7.14. The molecule has 0 spiro atoms. The molecule has 0 N–H and O–H groups in total. The van der Waals surface area contributed by atoms with E-state index < -0.39 is 0 Å². The molecule has 0 aliphatic rings. The highest BCUT2D eigenvalue weighted by atomic mass is 32.1. The van der Waals surface area contributed by atoms with Gasteiger partial charge < -0.3 is 4.42 Å². The zero-order valence-corrected chi connectivity index (χ0v) is 32.9. The second-order valence-electron chi connectivity index (χ2n) is 15.5. The third-order valence-electron chi connectivity index (χ3n) is 12.1. The Morgan fingerprint density at radius 3 is 1.77 bits per heavy atom. The van der Waals surface area contributed by atoms with Crippen LogP contribution in [0.1, 0.15) is 0 Å². The fraction of sp³-hybridized carbons (Fsp3) is 0. The summed E-state index contributed by atoms with van der Waals surface area (Å²) in [7, 11) is 0. The quantitative estimate of drug-likeness (QED) is 0.167. The molecule has 3 aromatic heterocycles. The minimum atomic E-state index is 0.633. The number of rotatable bonds is 4. The van der Waals surface area contributed by atoms with Crippen LogP contribution < -0.4 is 0 Å². The maximum absolute atomic E-state index is 6.95. The average molecular weight is 782 g/mol. The summed E-state index contributed by atoms with van der Waals surface area (Å²) in [6, 6.07) is 66.8. The molecule has 3 heterocycles. The molecule has 4 nitrogen and oxygen atoms in total. The van der Waals surface area contributed by atoms with Crippen LogP contribution in [0.25, 0.3) is 130 Å². The van der Waals surface area contributed by atoms with E-state index in [1.165, 1.54) is 41.7 Å². The average Bonchev–Trinajstić information content (AvgIpc) is 3.90. The van der Waals surface area contributed by atoms with E-state index in [0.717, 1.165) is 71.3 Å². The fourth-order valence-corrected chi connectivity index (χ4v) is 10.4. The summed E-state index contributed by atoms with van der Waals surface area (Å²) in [5, 5.41) is 14.0. The zero-order chi connectivity index (χ0) is 39.3. The summed E-state index contributed by atoms with van der Waals surface area (Å²) in [5.74, 6) is 1.92. The molecule has 0 atom stereocenters. The van der Waals surface area contributed by atoms with E-state index in [4.69, 9.17) is 19.4 Å². The van der Waals surface area contributed by atoms with Crippen molar-refractivity contribution in [1.82, 2.24) is 15.0 Å². The van der Waals surface area contributed by atoms with Crippen molar-refractivity contribution >= 4 is 96.5 Å². The van der Waals surface area contributed by atoms with Crippen molar-refractivity contribution in [3.8, 4) is 45.3 Å². The lowest BCUT2D eigenvalue weighted by Gasteiger charge is -2.13. The van der Waals surface area contributed by atoms with Crippen molar-refractivity contribution in [2.45, 2.75) is 0 Å². The minimum absolute atomic E-state index is 0.633. The fourth-order valence-electron chi connectivity index (χ4n) is 9.28. The molecule has 13 rings (SSSR count). The Morgan fingerprint density at radius 1 is 0.333 bits per heavy atom. The van der Waals surface area contributed by atoms with Crippen LogP contribution in [-0.4, -0.2) is 15.0 Å². The standard InChI is InChI=1S/C55H31N3OS/c1-2-13-34(14-3-1)53-56-54(58-55(57-53)38-25-28-48-44(31-38)43-18-8-9-20-47(43)60-48)37-23-26-39-35(29-37)15-10-19-42(39)45-30-36-22-21-32-11-4-6-16-40(32)49(36)52-51(45)50-41-17-7-5-12-33(41)24-27-46(50)59-52/h1-31H. The van der Waals surface area contributed by atoms with Gasteiger partial charge in [-0.05, 0) is 91.3 Å². The maximum atomic E-state index is 6.95. The van der Waals surface area contributed by atoms with E-state index in [2.05, 4.69) is 170 Å². The van der Waals surface area contributed by atoms with Gasteiger partial charge in [-0.25, -0.2) is 15.0 Å². The first-order valence-corrected chi connectivity index (χ1v) is 21.0. The molecule has 13 aromatic rings. The molecule has 5 heteroatoms. The van der Waals surface area contributed by atoms with E-state index in [9.17, 15) is 0 Å². The van der Waals surface area contributed by atoms with Crippen LogP contribution in [0.15, 0.2) is 192 Å². The smallest absolute Gasteiger partial charge is 0.164 e. The lowest BCUT2D eigenvalue weighted by molar-refractivity contribution is 0.673. The predicted octanol–water partition coefficient (Wildman–Crippen LogP) is 15.4. The first-order chi connectivity index (χ1) is 29.7. The number of fused-ring (bicyclic) bond motifs is 13. The largest absolute Gasteiger partial charge is 0.455 e. The van der Waals surface area contributed by atoms with Gasteiger partial charge in [0.1, 0.15) is 11.2 Å². The lowest BCUT2D eigenvalue weighted by atomic mass is 9.89. The molecule has 0 aliphatic carbocycles. The number of aromatic nitrogens is 3. The van der Waals surface area contributed by atoms with Crippen LogP contribution in [0.2, 0.25) is 0 Å².